The molecule has 0 N–H and O–H groups in total. The fourth-order valence-corrected chi connectivity index (χ4v) is 3.54. The Kier molecular flexibility index (Phi) is 3.54. The van der Waals surface area contributed by atoms with Crippen molar-refractivity contribution in [3.63, 3.8) is 0 Å². The zero-order valence-corrected chi connectivity index (χ0v) is 8.77. The van der Waals surface area contributed by atoms with Gasteiger partial charge in [0.05, 0.1) is 6.61 Å². The average molecular weight is 188 g/mol. The maximum Gasteiger partial charge on any atom is 0.210 e. The quantitative estimate of drug-likeness (QED) is 0.385. The summed E-state index contributed by atoms with van der Waals surface area (Å²) < 4.78 is 17.2. The molecule has 0 aromatic rings. The van der Waals surface area contributed by atoms with E-state index in [4.69, 9.17) is 4.52 Å². The van der Waals surface area contributed by atoms with Gasteiger partial charge < -0.3 is 4.52 Å². The van der Waals surface area contributed by atoms with Gasteiger partial charge in [0.25, 0.3) is 0 Å². The number of rotatable bonds is 4. The average Bonchev–Trinajstić information content (AvgIpc) is 2.32. The Balaban J connectivity index is 2.29. The lowest BCUT2D eigenvalue weighted by atomic mass is 10.3. The lowest BCUT2D eigenvalue weighted by molar-refractivity contribution is 0.310. The summed E-state index contributed by atoms with van der Waals surface area (Å²) in [6.45, 7) is 4.79. The Hall–Kier alpha value is -0.0700. The standard InChI is InChI=1S/C9H17O2P/c1-3-4-6-11-12(10)7-5-9(2)8-12/h5H,3-4,6-8H2,1-2H3. The summed E-state index contributed by atoms with van der Waals surface area (Å²) in [6, 6.07) is 0. The molecular weight excluding hydrogens is 171 g/mol. The third-order valence-electron chi connectivity index (χ3n) is 2.03. The maximum absolute atomic E-state index is 11.8. The Morgan fingerprint density at radius 3 is 2.92 bits per heavy atom. The molecule has 0 saturated carbocycles. The van der Waals surface area contributed by atoms with Crippen molar-refractivity contribution in [2.75, 3.05) is 18.9 Å². The van der Waals surface area contributed by atoms with Gasteiger partial charge in [0.15, 0.2) is 0 Å². The van der Waals surface area contributed by atoms with Crippen molar-refractivity contribution in [3.8, 4) is 0 Å². The molecule has 2 nitrogen and oxygen atoms in total. The SMILES string of the molecule is CCCCOP1(=O)CC=C(C)C1. The van der Waals surface area contributed by atoms with Crippen LogP contribution in [0.25, 0.3) is 0 Å². The second-order valence-corrected chi connectivity index (χ2v) is 5.96. The summed E-state index contributed by atoms with van der Waals surface area (Å²) in [5, 5.41) is 0. The van der Waals surface area contributed by atoms with Gasteiger partial charge in [0.1, 0.15) is 0 Å². The second-order valence-electron chi connectivity index (χ2n) is 3.39. The molecule has 12 heavy (non-hydrogen) atoms. The van der Waals surface area contributed by atoms with Gasteiger partial charge in [0.2, 0.25) is 7.37 Å². The van der Waals surface area contributed by atoms with Crippen LogP contribution < -0.4 is 0 Å². The molecule has 0 spiro atoms. The lowest BCUT2D eigenvalue weighted by Crippen LogP contribution is -1.95. The molecule has 1 atom stereocenters. The largest absolute Gasteiger partial charge is 0.328 e. The minimum absolute atomic E-state index is 0.655. The van der Waals surface area contributed by atoms with Gasteiger partial charge in [-0.05, 0) is 13.3 Å². The van der Waals surface area contributed by atoms with Gasteiger partial charge in [0, 0.05) is 12.3 Å². The maximum atomic E-state index is 11.8. The topological polar surface area (TPSA) is 26.3 Å². The van der Waals surface area contributed by atoms with Crippen molar-refractivity contribution in [2.24, 2.45) is 0 Å². The molecule has 0 saturated heterocycles. The molecule has 70 valence electrons. The number of hydrogen-bond acceptors (Lipinski definition) is 2. The Morgan fingerprint density at radius 1 is 1.67 bits per heavy atom. The zero-order chi connectivity index (χ0) is 9.03. The number of allylic oxidation sites excluding steroid dienone is 2. The number of unbranched alkanes of at least 4 members (excludes halogenated alkanes) is 1. The molecule has 0 aromatic heterocycles. The van der Waals surface area contributed by atoms with Gasteiger partial charge in [-0.2, -0.15) is 0 Å². The lowest BCUT2D eigenvalue weighted by Gasteiger charge is -2.11. The highest BCUT2D eigenvalue weighted by Crippen LogP contribution is 2.52. The van der Waals surface area contributed by atoms with E-state index in [9.17, 15) is 4.57 Å². The van der Waals surface area contributed by atoms with Crippen molar-refractivity contribution >= 4 is 7.37 Å². The van der Waals surface area contributed by atoms with Crippen LogP contribution >= 0.6 is 7.37 Å². The van der Waals surface area contributed by atoms with Crippen molar-refractivity contribution < 1.29 is 9.09 Å². The van der Waals surface area contributed by atoms with Crippen LogP contribution in [0.5, 0.6) is 0 Å². The highest BCUT2D eigenvalue weighted by atomic mass is 31.2. The first-order valence-electron chi connectivity index (χ1n) is 4.54. The van der Waals surface area contributed by atoms with Crippen molar-refractivity contribution in [3.05, 3.63) is 11.6 Å². The Bertz CT molecular complexity index is 221. The smallest absolute Gasteiger partial charge is 0.210 e. The van der Waals surface area contributed by atoms with Crippen molar-refractivity contribution in [1.29, 1.82) is 0 Å². The molecule has 1 unspecified atom stereocenters. The van der Waals surface area contributed by atoms with Crippen LogP contribution in [0.15, 0.2) is 11.6 Å². The molecule has 1 heterocycles. The third-order valence-corrected chi connectivity index (χ3v) is 4.41. The minimum atomic E-state index is -2.25. The highest BCUT2D eigenvalue weighted by Gasteiger charge is 2.26. The summed E-state index contributed by atoms with van der Waals surface area (Å²) in [5.41, 5.74) is 1.22. The monoisotopic (exact) mass is 188 g/mol. The molecule has 1 aliphatic rings. The summed E-state index contributed by atoms with van der Waals surface area (Å²) in [7, 11) is -2.25. The van der Waals surface area contributed by atoms with E-state index in [1.54, 1.807) is 0 Å². The van der Waals surface area contributed by atoms with Crippen LogP contribution in [-0.2, 0) is 9.09 Å². The van der Waals surface area contributed by atoms with E-state index >= 15 is 0 Å². The van der Waals surface area contributed by atoms with Crippen LogP contribution in [0, 0.1) is 0 Å². The summed E-state index contributed by atoms with van der Waals surface area (Å²) in [5.74, 6) is 0. The molecule has 0 fully saturated rings. The molecule has 0 amide bonds. The molecule has 1 rings (SSSR count). The van der Waals surface area contributed by atoms with Crippen LogP contribution in [0.3, 0.4) is 0 Å². The Labute approximate surface area is 74.5 Å². The summed E-state index contributed by atoms with van der Waals surface area (Å²) in [6.07, 6.45) is 5.49. The molecule has 0 aliphatic carbocycles. The van der Waals surface area contributed by atoms with Gasteiger partial charge in [-0.25, -0.2) is 0 Å². The highest BCUT2D eigenvalue weighted by molar-refractivity contribution is 7.59. The van der Waals surface area contributed by atoms with Crippen molar-refractivity contribution in [1.82, 2.24) is 0 Å². The normalized spacial score (nSPS) is 29.0. The van der Waals surface area contributed by atoms with Crippen LogP contribution in [0.2, 0.25) is 0 Å². The minimum Gasteiger partial charge on any atom is -0.328 e. The van der Waals surface area contributed by atoms with Gasteiger partial charge in [-0.3, -0.25) is 4.57 Å². The van der Waals surface area contributed by atoms with Gasteiger partial charge in [-0.15, -0.1) is 0 Å². The van der Waals surface area contributed by atoms with Crippen LogP contribution in [0.1, 0.15) is 26.7 Å². The van der Waals surface area contributed by atoms with E-state index < -0.39 is 7.37 Å². The predicted molar refractivity (Wildman–Crippen MR) is 52.0 cm³/mol. The summed E-state index contributed by atoms with van der Waals surface area (Å²) >= 11 is 0. The molecule has 0 aromatic carbocycles. The van der Waals surface area contributed by atoms with Crippen LogP contribution in [-0.4, -0.2) is 18.9 Å². The molecule has 3 heteroatoms. The van der Waals surface area contributed by atoms with E-state index in [1.165, 1.54) is 5.57 Å². The first-order valence-corrected chi connectivity index (χ1v) is 6.54. The molecule has 0 radical (unpaired) electrons. The molecule has 0 bridgehead atoms. The predicted octanol–water partition coefficient (Wildman–Crippen LogP) is 3.04. The van der Waals surface area contributed by atoms with E-state index in [0.29, 0.717) is 18.9 Å². The van der Waals surface area contributed by atoms with E-state index in [-0.39, 0.29) is 0 Å². The molecular formula is C9H17O2P. The summed E-state index contributed by atoms with van der Waals surface area (Å²) in [4.78, 5) is 0. The van der Waals surface area contributed by atoms with Crippen LogP contribution in [0.4, 0.5) is 0 Å². The third kappa shape index (κ3) is 2.76. The number of hydrogen-bond donors (Lipinski definition) is 0. The van der Waals surface area contributed by atoms with Gasteiger partial charge in [-0.1, -0.05) is 25.0 Å². The Morgan fingerprint density at radius 2 is 2.42 bits per heavy atom. The second kappa shape index (κ2) is 4.25. The van der Waals surface area contributed by atoms with E-state index in [0.717, 1.165) is 12.8 Å². The van der Waals surface area contributed by atoms with Gasteiger partial charge >= 0.3 is 0 Å². The van der Waals surface area contributed by atoms with E-state index in [1.807, 2.05) is 13.0 Å². The fraction of sp³-hybridized carbons (Fsp3) is 0.778. The first kappa shape index (κ1) is 10.0. The van der Waals surface area contributed by atoms with Crippen molar-refractivity contribution in [2.45, 2.75) is 26.7 Å². The van der Waals surface area contributed by atoms with E-state index in [2.05, 4.69) is 6.92 Å². The zero-order valence-electron chi connectivity index (χ0n) is 7.88. The molecule has 1 aliphatic heterocycles. The first-order chi connectivity index (χ1) is 5.66. The fourth-order valence-electron chi connectivity index (χ4n) is 1.28.